The molecular weight excluding hydrogens is 238 g/mol. The highest BCUT2D eigenvalue weighted by atomic mass is 16.2. The van der Waals surface area contributed by atoms with Crippen LogP contribution in [0.15, 0.2) is 30.5 Å². The second kappa shape index (κ2) is 4.30. The number of carbonyl (C=O) groups is 1. The van der Waals surface area contributed by atoms with Crippen LogP contribution in [0.3, 0.4) is 0 Å². The molecule has 3 rings (SSSR count). The van der Waals surface area contributed by atoms with Crippen LogP contribution in [0.25, 0.3) is 10.9 Å². The van der Waals surface area contributed by atoms with Gasteiger partial charge in [-0.3, -0.25) is 0 Å². The van der Waals surface area contributed by atoms with Crippen molar-refractivity contribution in [3.63, 3.8) is 0 Å². The number of fused-ring (bicyclic) bond motifs is 1. The Hall–Kier alpha value is -1.97. The molecule has 0 aliphatic carbocycles. The maximum atomic E-state index is 12.0. The molecule has 2 amide bonds. The van der Waals surface area contributed by atoms with E-state index in [2.05, 4.69) is 28.2 Å². The number of urea groups is 1. The predicted octanol–water partition coefficient (Wildman–Crippen LogP) is 2.65. The zero-order valence-corrected chi connectivity index (χ0v) is 11.6. The molecule has 1 aromatic carbocycles. The summed E-state index contributed by atoms with van der Waals surface area (Å²) in [6.07, 6.45) is 2.12. The molecule has 1 atom stereocenters. The van der Waals surface area contributed by atoms with Gasteiger partial charge in [-0.2, -0.15) is 0 Å². The van der Waals surface area contributed by atoms with Crippen molar-refractivity contribution in [1.29, 1.82) is 0 Å². The number of hydrogen-bond acceptors (Lipinski definition) is 1. The van der Waals surface area contributed by atoms with Crippen molar-refractivity contribution >= 4 is 16.9 Å². The number of nitrogens with zero attached hydrogens (tertiary/aromatic N) is 2. The summed E-state index contributed by atoms with van der Waals surface area (Å²) in [5.74, 6) is 0. The molecular formula is C15H19N3O. The highest BCUT2D eigenvalue weighted by Crippen LogP contribution is 2.29. The molecule has 1 saturated heterocycles. The minimum absolute atomic E-state index is 0.0351. The first-order chi connectivity index (χ1) is 9.08. The first-order valence-corrected chi connectivity index (χ1v) is 6.69. The van der Waals surface area contributed by atoms with Crippen LogP contribution in [0.4, 0.5) is 4.79 Å². The van der Waals surface area contributed by atoms with E-state index in [0.717, 1.165) is 6.54 Å². The molecule has 2 aromatic rings. The van der Waals surface area contributed by atoms with Gasteiger partial charge in [-0.05, 0) is 19.9 Å². The highest BCUT2D eigenvalue weighted by molar-refractivity contribution is 5.86. The first-order valence-electron chi connectivity index (χ1n) is 6.69. The maximum Gasteiger partial charge on any atom is 0.318 e. The number of rotatable bonds is 2. The Morgan fingerprint density at radius 2 is 2.05 bits per heavy atom. The summed E-state index contributed by atoms with van der Waals surface area (Å²) < 4.78 is 2.12. The molecule has 19 heavy (non-hydrogen) atoms. The standard InChI is InChI=1S/C15H19N3O/c1-10(2)18-9-13(16-15(18)19)12-8-17(3)14-7-5-4-6-11(12)14/h4-8,10,13H,9H2,1-3H3,(H,16,19). The summed E-state index contributed by atoms with van der Waals surface area (Å²) in [5.41, 5.74) is 2.41. The molecule has 0 bridgehead atoms. The third kappa shape index (κ3) is 1.87. The monoisotopic (exact) mass is 257 g/mol. The molecule has 1 fully saturated rings. The Bertz CT molecular complexity index is 629. The smallest absolute Gasteiger partial charge is 0.318 e. The second-order valence-electron chi connectivity index (χ2n) is 5.46. The highest BCUT2D eigenvalue weighted by Gasteiger charge is 2.32. The third-order valence-corrected chi connectivity index (χ3v) is 3.86. The minimum atomic E-state index is 0.0351. The van der Waals surface area contributed by atoms with Crippen molar-refractivity contribution in [1.82, 2.24) is 14.8 Å². The van der Waals surface area contributed by atoms with Crippen LogP contribution < -0.4 is 5.32 Å². The van der Waals surface area contributed by atoms with Gasteiger partial charge in [0.05, 0.1) is 6.04 Å². The summed E-state index contributed by atoms with van der Waals surface area (Å²) >= 11 is 0. The summed E-state index contributed by atoms with van der Waals surface area (Å²) in [6, 6.07) is 8.67. The SMILES string of the molecule is CC(C)N1CC(c2cn(C)c3ccccc23)NC1=O. The molecule has 4 nitrogen and oxygen atoms in total. The zero-order chi connectivity index (χ0) is 13.6. The number of amides is 2. The topological polar surface area (TPSA) is 37.3 Å². The van der Waals surface area contributed by atoms with Crippen LogP contribution >= 0.6 is 0 Å². The Morgan fingerprint density at radius 3 is 2.74 bits per heavy atom. The van der Waals surface area contributed by atoms with E-state index in [1.807, 2.05) is 37.9 Å². The molecule has 2 heterocycles. The number of aromatic nitrogens is 1. The quantitative estimate of drug-likeness (QED) is 0.882. The molecule has 1 unspecified atom stereocenters. The van der Waals surface area contributed by atoms with Gasteiger partial charge < -0.3 is 14.8 Å². The molecule has 0 radical (unpaired) electrons. The third-order valence-electron chi connectivity index (χ3n) is 3.86. The molecule has 100 valence electrons. The lowest BCUT2D eigenvalue weighted by Gasteiger charge is -2.18. The molecule has 1 N–H and O–H groups in total. The average molecular weight is 257 g/mol. The Morgan fingerprint density at radius 1 is 1.32 bits per heavy atom. The number of nitrogens with one attached hydrogen (secondary N) is 1. The number of carbonyl (C=O) groups excluding carboxylic acids is 1. The Balaban J connectivity index is 2.00. The van der Waals surface area contributed by atoms with Crippen molar-refractivity contribution in [2.75, 3.05) is 6.54 Å². The number of hydrogen-bond donors (Lipinski definition) is 1. The van der Waals surface area contributed by atoms with Crippen molar-refractivity contribution in [3.05, 3.63) is 36.0 Å². The fourth-order valence-electron chi connectivity index (χ4n) is 2.83. The van der Waals surface area contributed by atoms with Gasteiger partial charge in [0, 0.05) is 42.3 Å². The van der Waals surface area contributed by atoms with Crippen molar-refractivity contribution < 1.29 is 4.79 Å². The van der Waals surface area contributed by atoms with Crippen LogP contribution in [-0.4, -0.2) is 28.1 Å². The van der Waals surface area contributed by atoms with Crippen LogP contribution in [0.2, 0.25) is 0 Å². The van der Waals surface area contributed by atoms with Gasteiger partial charge in [-0.1, -0.05) is 18.2 Å². The van der Waals surface area contributed by atoms with Crippen LogP contribution in [0, 0.1) is 0 Å². The molecule has 1 aliphatic heterocycles. The van der Waals surface area contributed by atoms with E-state index in [9.17, 15) is 4.79 Å². The van der Waals surface area contributed by atoms with E-state index in [-0.39, 0.29) is 18.1 Å². The summed E-state index contributed by atoms with van der Waals surface area (Å²) in [6.45, 7) is 4.83. The van der Waals surface area contributed by atoms with Crippen molar-refractivity contribution in [3.8, 4) is 0 Å². The van der Waals surface area contributed by atoms with E-state index < -0.39 is 0 Å². The lowest BCUT2D eigenvalue weighted by atomic mass is 10.1. The van der Waals surface area contributed by atoms with E-state index in [1.165, 1.54) is 16.5 Å². The fraction of sp³-hybridized carbons (Fsp3) is 0.400. The normalized spacial score (nSPS) is 19.5. The van der Waals surface area contributed by atoms with E-state index in [1.54, 1.807) is 0 Å². The van der Waals surface area contributed by atoms with Crippen LogP contribution in [0.1, 0.15) is 25.5 Å². The van der Waals surface area contributed by atoms with E-state index in [0.29, 0.717) is 0 Å². The molecule has 0 spiro atoms. The first kappa shape index (κ1) is 12.1. The number of benzene rings is 1. The van der Waals surface area contributed by atoms with Gasteiger partial charge in [0.15, 0.2) is 0 Å². The largest absolute Gasteiger partial charge is 0.350 e. The van der Waals surface area contributed by atoms with Crippen molar-refractivity contribution in [2.45, 2.75) is 25.9 Å². The Kier molecular flexibility index (Phi) is 2.73. The predicted molar refractivity (Wildman–Crippen MR) is 76.0 cm³/mol. The lowest BCUT2D eigenvalue weighted by Crippen LogP contribution is -2.33. The zero-order valence-electron chi connectivity index (χ0n) is 11.6. The molecule has 0 saturated carbocycles. The number of para-hydroxylation sites is 1. The van der Waals surface area contributed by atoms with Gasteiger partial charge in [0.25, 0.3) is 0 Å². The summed E-state index contributed by atoms with van der Waals surface area (Å²) in [5, 5.41) is 4.30. The minimum Gasteiger partial charge on any atom is -0.350 e. The number of aryl methyl sites for hydroxylation is 1. The summed E-state index contributed by atoms with van der Waals surface area (Å²) in [4.78, 5) is 13.8. The lowest BCUT2D eigenvalue weighted by molar-refractivity contribution is 0.206. The Labute approximate surface area is 113 Å². The van der Waals surface area contributed by atoms with E-state index >= 15 is 0 Å². The molecule has 4 heteroatoms. The molecule has 1 aliphatic rings. The van der Waals surface area contributed by atoms with Crippen LogP contribution in [-0.2, 0) is 7.05 Å². The van der Waals surface area contributed by atoms with Gasteiger partial charge in [0.2, 0.25) is 0 Å². The fourth-order valence-corrected chi connectivity index (χ4v) is 2.83. The van der Waals surface area contributed by atoms with Gasteiger partial charge in [0.1, 0.15) is 0 Å². The van der Waals surface area contributed by atoms with Gasteiger partial charge in [-0.15, -0.1) is 0 Å². The summed E-state index contributed by atoms with van der Waals surface area (Å²) in [7, 11) is 2.04. The van der Waals surface area contributed by atoms with Gasteiger partial charge >= 0.3 is 6.03 Å². The molecule has 1 aromatic heterocycles. The van der Waals surface area contributed by atoms with E-state index in [4.69, 9.17) is 0 Å². The van der Waals surface area contributed by atoms with Crippen molar-refractivity contribution in [2.24, 2.45) is 7.05 Å². The van der Waals surface area contributed by atoms with Crippen LogP contribution in [0.5, 0.6) is 0 Å². The van der Waals surface area contributed by atoms with Gasteiger partial charge in [-0.25, -0.2) is 4.79 Å². The second-order valence-corrected chi connectivity index (χ2v) is 5.46. The average Bonchev–Trinajstić information content (AvgIpc) is 2.91. The maximum absolute atomic E-state index is 12.0.